The van der Waals surface area contributed by atoms with E-state index in [1.165, 1.54) is 21.0 Å². The average Bonchev–Trinajstić information content (AvgIpc) is 2.29. The molecule has 0 heterocycles. The van der Waals surface area contributed by atoms with Crippen molar-refractivity contribution in [2.24, 2.45) is 0 Å². The third kappa shape index (κ3) is 2.61. The average molecular weight is 274 g/mol. The lowest BCUT2D eigenvalue weighted by Gasteiger charge is -2.18. The van der Waals surface area contributed by atoms with Gasteiger partial charge in [0.2, 0.25) is 5.91 Å². The first-order valence-corrected chi connectivity index (χ1v) is 6.72. The molecule has 0 aliphatic heterocycles. The Morgan fingerprint density at radius 3 is 2.44 bits per heavy atom. The minimum Gasteiger partial charge on any atom is -0.398 e. The van der Waals surface area contributed by atoms with Crippen molar-refractivity contribution >= 4 is 21.4 Å². The van der Waals surface area contributed by atoms with E-state index < -0.39 is 26.8 Å². The number of nitrogens with two attached hydrogens (primary N) is 1. The molecule has 1 aromatic rings. The number of sulfone groups is 1. The lowest BCUT2D eigenvalue weighted by Crippen LogP contribution is -2.37. The highest BCUT2D eigenvalue weighted by Gasteiger charge is 2.32. The van der Waals surface area contributed by atoms with E-state index in [1.807, 2.05) is 0 Å². The summed E-state index contributed by atoms with van der Waals surface area (Å²) in [5, 5.41) is -1.31. The summed E-state index contributed by atoms with van der Waals surface area (Å²) in [5.74, 6) is -1.30. The second-order valence-electron chi connectivity index (χ2n) is 4.10. The number of rotatable bonds is 3. The molecule has 2 N–H and O–H groups in total. The third-order valence-corrected chi connectivity index (χ3v) is 4.64. The Morgan fingerprint density at radius 2 is 1.94 bits per heavy atom. The summed E-state index contributed by atoms with van der Waals surface area (Å²) < 4.78 is 37.4. The van der Waals surface area contributed by atoms with E-state index in [9.17, 15) is 17.6 Å². The Hall–Kier alpha value is -1.63. The van der Waals surface area contributed by atoms with Crippen molar-refractivity contribution in [1.29, 1.82) is 0 Å². The first-order valence-electron chi connectivity index (χ1n) is 5.18. The van der Waals surface area contributed by atoms with Crippen molar-refractivity contribution < 1.29 is 17.6 Å². The molecule has 1 amide bonds. The first-order chi connectivity index (χ1) is 8.17. The number of nitrogen functional groups attached to an aromatic ring is 1. The van der Waals surface area contributed by atoms with Gasteiger partial charge in [0.15, 0.2) is 9.84 Å². The van der Waals surface area contributed by atoms with Crippen LogP contribution in [0.1, 0.15) is 6.92 Å². The smallest absolute Gasteiger partial charge is 0.240 e. The fourth-order valence-corrected chi connectivity index (χ4v) is 2.97. The highest BCUT2D eigenvalue weighted by molar-refractivity contribution is 7.93. The van der Waals surface area contributed by atoms with Gasteiger partial charge in [-0.25, -0.2) is 12.8 Å². The van der Waals surface area contributed by atoms with E-state index in [0.717, 1.165) is 23.1 Å². The Labute approximate surface area is 105 Å². The molecular weight excluding hydrogens is 259 g/mol. The van der Waals surface area contributed by atoms with Crippen LogP contribution in [0.5, 0.6) is 0 Å². The Kier molecular flexibility index (Phi) is 3.95. The standard InChI is InChI=1S/C11H15FN2O3S/c1-7(11(15)14(2)3)18(16,17)10-6-8(12)4-5-9(10)13/h4-7H,13H2,1-3H3. The number of carbonyl (C=O) groups excluding carboxylic acids is 1. The van der Waals surface area contributed by atoms with Gasteiger partial charge in [0.1, 0.15) is 11.1 Å². The summed E-state index contributed by atoms with van der Waals surface area (Å²) in [5.41, 5.74) is 5.44. The first kappa shape index (κ1) is 14.4. The lowest BCUT2D eigenvalue weighted by molar-refractivity contribution is -0.127. The summed E-state index contributed by atoms with van der Waals surface area (Å²) >= 11 is 0. The van der Waals surface area contributed by atoms with Crippen molar-refractivity contribution in [3.8, 4) is 0 Å². The molecule has 1 rings (SSSR count). The molecule has 0 aromatic heterocycles. The zero-order valence-corrected chi connectivity index (χ0v) is 11.2. The molecule has 0 saturated carbocycles. The normalized spacial score (nSPS) is 13.1. The van der Waals surface area contributed by atoms with E-state index in [2.05, 4.69) is 0 Å². The van der Waals surface area contributed by atoms with Crippen LogP contribution in [0.3, 0.4) is 0 Å². The largest absolute Gasteiger partial charge is 0.398 e. The van der Waals surface area contributed by atoms with Gasteiger partial charge in [0, 0.05) is 14.1 Å². The van der Waals surface area contributed by atoms with Crippen molar-refractivity contribution in [2.75, 3.05) is 19.8 Å². The number of amides is 1. The van der Waals surface area contributed by atoms with Crippen molar-refractivity contribution in [3.05, 3.63) is 24.0 Å². The van der Waals surface area contributed by atoms with Gasteiger partial charge in [-0.2, -0.15) is 0 Å². The van der Waals surface area contributed by atoms with Crippen LogP contribution in [0.25, 0.3) is 0 Å². The maximum atomic E-state index is 13.1. The summed E-state index contributed by atoms with van der Waals surface area (Å²) in [6.45, 7) is 1.25. The molecule has 1 aromatic carbocycles. The van der Waals surface area contributed by atoms with Crippen LogP contribution in [0.15, 0.2) is 23.1 Å². The van der Waals surface area contributed by atoms with Crippen LogP contribution in [-0.4, -0.2) is 38.6 Å². The maximum Gasteiger partial charge on any atom is 0.240 e. The van der Waals surface area contributed by atoms with E-state index in [0.29, 0.717) is 0 Å². The summed E-state index contributed by atoms with van der Waals surface area (Å²) in [4.78, 5) is 12.5. The molecule has 1 unspecified atom stereocenters. The number of benzene rings is 1. The third-order valence-electron chi connectivity index (χ3n) is 2.54. The van der Waals surface area contributed by atoms with Gasteiger partial charge in [-0.1, -0.05) is 0 Å². The summed E-state index contributed by atoms with van der Waals surface area (Å²) in [6.07, 6.45) is 0. The number of carbonyl (C=O) groups is 1. The predicted octanol–water partition coefficient (Wildman–Crippen LogP) is 0.658. The van der Waals surface area contributed by atoms with Crippen LogP contribution in [0, 0.1) is 5.82 Å². The molecule has 100 valence electrons. The van der Waals surface area contributed by atoms with Crippen LogP contribution >= 0.6 is 0 Å². The van der Waals surface area contributed by atoms with Gasteiger partial charge >= 0.3 is 0 Å². The van der Waals surface area contributed by atoms with Crippen LogP contribution < -0.4 is 5.73 Å². The quantitative estimate of drug-likeness (QED) is 0.821. The molecule has 0 spiro atoms. The zero-order valence-electron chi connectivity index (χ0n) is 10.3. The fourth-order valence-electron chi connectivity index (χ4n) is 1.44. The van der Waals surface area contributed by atoms with Crippen LogP contribution in [0.2, 0.25) is 0 Å². The minimum absolute atomic E-state index is 0.0743. The van der Waals surface area contributed by atoms with Crippen molar-refractivity contribution in [3.63, 3.8) is 0 Å². The Balaban J connectivity index is 3.30. The van der Waals surface area contributed by atoms with E-state index >= 15 is 0 Å². The molecule has 0 saturated heterocycles. The number of hydrogen-bond acceptors (Lipinski definition) is 4. The van der Waals surface area contributed by atoms with Crippen LogP contribution in [-0.2, 0) is 14.6 Å². The number of anilines is 1. The van der Waals surface area contributed by atoms with Gasteiger partial charge in [-0.05, 0) is 25.1 Å². The van der Waals surface area contributed by atoms with E-state index in [-0.39, 0.29) is 10.6 Å². The lowest BCUT2D eigenvalue weighted by atomic mass is 10.3. The molecule has 0 radical (unpaired) electrons. The number of hydrogen-bond donors (Lipinski definition) is 1. The predicted molar refractivity (Wildman–Crippen MR) is 66.2 cm³/mol. The Bertz CT molecular complexity index is 570. The molecule has 5 nitrogen and oxygen atoms in total. The second kappa shape index (κ2) is 4.93. The second-order valence-corrected chi connectivity index (χ2v) is 6.34. The summed E-state index contributed by atoms with van der Waals surface area (Å²) in [7, 11) is -1.10. The number of halogens is 1. The number of nitrogens with zero attached hydrogens (tertiary/aromatic N) is 1. The van der Waals surface area contributed by atoms with Gasteiger partial charge in [0.05, 0.1) is 10.6 Å². The summed E-state index contributed by atoms with van der Waals surface area (Å²) in [6, 6.07) is 3.05. The van der Waals surface area contributed by atoms with Gasteiger partial charge in [0.25, 0.3) is 0 Å². The molecule has 0 aliphatic carbocycles. The molecule has 0 fully saturated rings. The molecule has 0 bridgehead atoms. The molecule has 1 atom stereocenters. The molecule has 7 heteroatoms. The van der Waals surface area contributed by atoms with E-state index in [4.69, 9.17) is 5.73 Å². The molecule has 18 heavy (non-hydrogen) atoms. The highest BCUT2D eigenvalue weighted by atomic mass is 32.2. The monoisotopic (exact) mass is 274 g/mol. The Morgan fingerprint density at radius 1 is 1.39 bits per heavy atom. The molecular formula is C11H15FN2O3S. The van der Waals surface area contributed by atoms with Gasteiger partial charge < -0.3 is 10.6 Å². The van der Waals surface area contributed by atoms with Crippen molar-refractivity contribution in [2.45, 2.75) is 17.1 Å². The topological polar surface area (TPSA) is 80.5 Å². The minimum atomic E-state index is -3.99. The highest BCUT2D eigenvalue weighted by Crippen LogP contribution is 2.24. The van der Waals surface area contributed by atoms with Gasteiger partial charge in [-0.3, -0.25) is 4.79 Å². The zero-order chi connectivity index (χ0) is 14.1. The van der Waals surface area contributed by atoms with E-state index in [1.54, 1.807) is 0 Å². The maximum absolute atomic E-state index is 13.1. The SMILES string of the molecule is CC(C(=O)N(C)C)S(=O)(=O)c1cc(F)ccc1N. The van der Waals surface area contributed by atoms with Crippen molar-refractivity contribution in [1.82, 2.24) is 4.90 Å². The van der Waals surface area contributed by atoms with Gasteiger partial charge in [-0.15, -0.1) is 0 Å². The molecule has 0 aliphatic rings. The fraction of sp³-hybridized carbons (Fsp3) is 0.364. The van der Waals surface area contributed by atoms with Crippen LogP contribution in [0.4, 0.5) is 10.1 Å².